The van der Waals surface area contributed by atoms with Crippen LogP contribution in [0.1, 0.15) is 43.9 Å². The van der Waals surface area contributed by atoms with E-state index in [0.717, 1.165) is 12.1 Å². The van der Waals surface area contributed by atoms with E-state index in [4.69, 9.17) is 0 Å². The molecule has 0 aliphatic carbocycles. The summed E-state index contributed by atoms with van der Waals surface area (Å²) >= 11 is 0. The number of hydrogen-bond acceptors (Lipinski definition) is 2. The van der Waals surface area contributed by atoms with Crippen molar-refractivity contribution in [3.8, 4) is 0 Å². The lowest BCUT2D eigenvalue weighted by Gasteiger charge is -2.25. The van der Waals surface area contributed by atoms with Crippen molar-refractivity contribution in [2.24, 2.45) is 5.92 Å². The van der Waals surface area contributed by atoms with Gasteiger partial charge in [0.05, 0.1) is 11.7 Å². The topological polar surface area (TPSA) is 40.5 Å². The van der Waals surface area contributed by atoms with Crippen LogP contribution in [0.4, 0.5) is 13.2 Å². The first-order valence-electron chi connectivity index (χ1n) is 6.34. The predicted octanol–water partition coefficient (Wildman–Crippen LogP) is 3.54. The third-order valence-corrected chi connectivity index (χ3v) is 3.41. The Morgan fingerprint density at radius 2 is 1.68 bits per heavy atom. The summed E-state index contributed by atoms with van der Waals surface area (Å²) in [7, 11) is 0. The number of rotatable bonds is 5. The summed E-state index contributed by atoms with van der Waals surface area (Å²) in [5, 5.41) is 20.0. The van der Waals surface area contributed by atoms with Gasteiger partial charge in [-0.3, -0.25) is 0 Å². The molecule has 0 saturated carbocycles. The van der Waals surface area contributed by atoms with Crippen LogP contribution >= 0.6 is 0 Å². The lowest BCUT2D eigenvalue weighted by atomic mass is 9.89. The number of hydrogen-bond donors (Lipinski definition) is 2. The molecular weight excluding hydrogens is 257 g/mol. The van der Waals surface area contributed by atoms with Gasteiger partial charge in [0.1, 0.15) is 6.10 Å². The SMILES string of the molecule is CCC(CC)C(O)C(O)c1cccc(C(F)(F)F)c1. The Bertz CT molecular complexity index is 400. The molecule has 1 rings (SSSR count). The van der Waals surface area contributed by atoms with Gasteiger partial charge in [-0.05, 0) is 23.6 Å². The molecule has 0 bridgehead atoms. The maximum atomic E-state index is 12.6. The fraction of sp³-hybridized carbons (Fsp3) is 0.571. The Hall–Kier alpha value is -1.07. The third-order valence-electron chi connectivity index (χ3n) is 3.41. The van der Waals surface area contributed by atoms with Crippen LogP contribution in [0.5, 0.6) is 0 Å². The molecule has 0 heterocycles. The number of aliphatic hydroxyl groups is 2. The van der Waals surface area contributed by atoms with E-state index in [1.54, 1.807) is 0 Å². The molecule has 0 spiro atoms. The summed E-state index contributed by atoms with van der Waals surface area (Å²) in [6, 6.07) is 4.46. The highest BCUT2D eigenvalue weighted by Crippen LogP contribution is 2.32. The standard InChI is InChI=1S/C14H19F3O2/c1-3-9(4-2)12(18)13(19)10-6-5-7-11(8-10)14(15,16)17/h5-9,12-13,18-19H,3-4H2,1-2H3. The zero-order chi connectivity index (χ0) is 14.6. The maximum Gasteiger partial charge on any atom is 0.416 e. The summed E-state index contributed by atoms with van der Waals surface area (Å²) in [5.74, 6) is -0.135. The summed E-state index contributed by atoms with van der Waals surface area (Å²) in [4.78, 5) is 0. The molecule has 0 saturated heterocycles. The first-order valence-corrected chi connectivity index (χ1v) is 6.34. The van der Waals surface area contributed by atoms with Crippen LogP contribution in [-0.2, 0) is 6.18 Å². The van der Waals surface area contributed by atoms with Crippen LogP contribution in [0.2, 0.25) is 0 Å². The molecule has 0 radical (unpaired) electrons. The molecule has 1 aromatic rings. The molecule has 1 aromatic carbocycles. The van der Waals surface area contributed by atoms with Crippen LogP contribution < -0.4 is 0 Å². The minimum absolute atomic E-state index is 0.0919. The van der Waals surface area contributed by atoms with E-state index in [2.05, 4.69) is 0 Å². The van der Waals surface area contributed by atoms with Gasteiger partial charge in [0.2, 0.25) is 0 Å². The van der Waals surface area contributed by atoms with Crippen molar-refractivity contribution >= 4 is 0 Å². The molecule has 0 aliphatic rings. The van der Waals surface area contributed by atoms with E-state index in [-0.39, 0.29) is 11.5 Å². The number of benzene rings is 1. The lowest BCUT2D eigenvalue weighted by Crippen LogP contribution is -2.27. The van der Waals surface area contributed by atoms with E-state index in [1.807, 2.05) is 13.8 Å². The molecule has 108 valence electrons. The highest BCUT2D eigenvalue weighted by atomic mass is 19.4. The van der Waals surface area contributed by atoms with Gasteiger partial charge in [-0.2, -0.15) is 13.2 Å². The minimum atomic E-state index is -4.45. The number of aliphatic hydroxyl groups excluding tert-OH is 2. The first kappa shape index (κ1) is 16.0. The Kier molecular flexibility index (Phi) is 5.38. The van der Waals surface area contributed by atoms with Crippen molar-refractivity contribution in [1.82, 2.24) is 0 Å². The molecule has 19 heavy (non-hydrogen) atoms. The molecule has 2 atom stereocenters. The predicted molar refractivity (Wildman–Crippen MR) is 66.5 cm³/mol. The van der Waals surface area contributed by atoms with E-state index < -0.39 is 23.9 Å². The molecule has 2 N–H and O–H groups in total. The summed E-state index contributed by atoms with van der Waals surface area (Å²) in [6.45, 7) is 3.74. The van der Waals surface area contributed by atoms with E-state index in [1.165, 1.54) is 12.1 Å². The number of alkyl halides is 3. The molecule has 0 fully saturated rings. The monoisotopic (exact) mass is 276 g/mol. The highest BCUT2D eigenvalue weighted by molar-refractivity contribution is 5.27. The zero-order valence-corrected chi connectivity index (χ0v) is 11.0. The van der Waals surface area contributed by atoms with Crippen LogP contribution in [0.15, 0.2) is 24.3 Å². The Balaban J connectivity index is 2.97. The van der Waals surface area contributed by atoms with Gasteiger partial charge in [-0.1, -0.05) is 38.8 Å². The van der Waals surface area contributed by atoms with Gasteiger partial charge in [0.15, 0.2) is 0 Å². The van der Waals surface area contributed by atoms with Crippen molar-refractivity contribution in [1.29, 1.82) is 0 Å². The van der Waals surface area contributed by atoms with E-state index in [9.17, 15) is 23.4 Å². The Morgan fingerprint density at radius 3 is 2.16 bits per heavy atom. The van der Waals surface area contributed by atoms with Crippen LogP contribution in [0.25, 0.3) is 0 Å². The largest absolute Gasteiger partial charge is 0.416 e. The lowest BCUT2D eigenvalue weighted by molar-refractivity contribution is -0.137. The van der Waals surface area contributed by atoms with Gasteiger partial charge in [0.25, 0.3) is 0 Å². The van der Waals surface area contributed by atoms with Crippen molar-refractivity contribution < 1.29 is 23.4 Å². The normalized spacial score (nSPS) is 15.6. The van der Waals surface area contributed by atoms with Crippen molar-refractivity contribution in [2.45, 2.75) is 45.1 Å². The second-order valence-corrected chi connectivity index (χ2v) is 4.64. The van der Waals surface area contributed by atoms with Gasteiger partial charge in [-0.15, -0.1) is 0 Å². The highest BCUT2D eigenvalue weighted by Gasteiger charge is 2.32. The molecular formula is C14H19F3O2. The van der Waals surface area contributed by atoms with Crippen molar-refractivity contribution in [3.63, 3.8) is 0 Å². The molecule has 5 heteroatoms. The van der Waals surface area contributed by atoms with Crippen LogP contribution in [0.3, 0.4) is 0 Å². The first-order chi connectivity index (χ1) is 8.81. The van der Waals surface area contributed by atoms with Gasteiger partial charge < -0.3 is 10.2 Å². The van der Waals surface area contributed by atoms with E-state index >= 15 is 0 Å². The smallest absolute Gasteiger partial charge is 0.390 e. The molecule has 2 unspecified atom stereocenters. The fourth-order valence-corrected chi connectivity index (χ4v) is 2.13. The molecule has 0 aromatic heterocycles. The fourth-order valence-electron chi connectivity index (χ4n) is 2.13. The van der Waals surface area contributed by atoms with E-state index in [0.29, 0.717) is 12.8 Å². The van der Waals surface area contributed by atoms with Crippen molar-refractivity contribution in [3.05, 3.63) is 35.4 Å². The Morgan fingerprint density at radius 1 is 1.11 bits per heavy atom. The minimum Gasteiger partial charge on any atom is -0.390 e. The van der Waals surface area contributed by atoms with Gasteiger partial charge in [-0.25, -0.2) is 0 Å². The van der Waals surface area contributed by atoms with Crippen molar-refractivity contribution in [2.75, 3.05) is 0 Å². The zero-order valence-electron chi connectivity index (χ0n) is 11.0. The second kappa shape index (κ2) is 6.39. The molecule has 2 nitrogen and oxygen atoms in total. The average molecular weight is 276 g/mol. The second-order valence-electron chi connectivity index (χ2n) is 4.64. The van der Waals surface area contributed by atoms with Gasteiger partial charge >= 0.3 is 6.18 Å². The number of halogens is 3. The molecule has 0 aliphatic heterocycles. The summed E-state index contributed by atoms with van der Waals surface area (Å²) in [6.07, 6.45) is -5.48. The van der Waals surface area contributed by atoms with Crippen LogP contribution in [-0.4, -0.2) is 16.3 Å². The summed E-state index contributed by atoms with van der Waals surface area (Å²) < 4.78 is 37.7. The maximum absolute atomic E-state index is 12.6. The molecule has 0 amide bonds. The Labute approximate surface area is 110 Å². The average Bonchev–Trinajstić information content (AvgIpc) is 2.38. The van der Waals surface area contributed by atoms with Crippen LogP contribution in [0, 0.1) is 5.92 Å². The third kappa shape index (κ3) is 3.94. The van der Waals surface area contributed by atoms with Gasteiger partial charge in [0, 0.05) is 0 Å². The quantitative estimate of drug-likeness (QED) is 0.863. The summed E-state index contributed by atoms with van der Waals surface area (Å²) in [5.41, 5.74) is -0.727.